The molecule has 248 valence electrons. The molecule has 14 heteroatoms. The number of amides is 2. The Balaban J connectivity index is 1.46. The molecule has 0 saturated carbocycles. The van der Waals surface area contributed by atoms with Gasteiger partial charge in [-0.15, -0.1) is 0 Å². The maximum absolute atomic E-state index is 13.3. The summed E-state index contributed by atoms with van der Waals surface area (Å²) in [6.45, 7) is 4.29. The molecule has 0 bridgehead atoms. The summed E-state index contributed by atoms with van der Waals surface area (Å²) in [7, 11) is 1.24. The van der Waals surface area contributed by atoms with Gasteiger partial charge in [0.05, 0.1) is 18.8 Å². The van der Waals surface area contributed by atoms with E-state index in [1.165, 1.54) is 20.1 Å². The lowest BCUT2D eigenvalue weighted by Gasteiger charge is -2.47. The molecule has 10 atom stereocenters. The second-order valence-corrected chi connectivity index (χ2v) is 11.4. The first-order valence-electron chi connectivity index (χ1n) is 14.7. The van der Waals surface area contributed by atoms with Crippen molar-refractivity contribution in [1.82, 2.24) is 10.6 Å². The van der Waals surface area contributed by atoms with Crippen LogP contribution in [0, 0.1) is 6.92 Å². The van der Waals surface area contributed by atoms with Crippen molar-refractivity contribution in [1.29, 1.82) is 0 Å². The Morgan fingerprint density at radius 3 is 2.24 bits per heavy atom. The SMILES string of the molecule is COC1C(C(=O)NCCc2ccc(O)c(-c3cc(C)ccc3O)c2)OC(OC2C(O)C(CO)OC(C)C2NC(C)=O)C(O)C1O. The smallest absolute Gasteiger partial charge is 0.252 e. The quantitative estimate of drug-likeness (QED) is 0.162. The van der Waals surface area contributed by atoms with Gasteiger partial charge in [0.1, 0.15) is 48.1 Å². The van der Waals surface area contributed by atoms with E-state index < -0.39 is 79.6 Å². The summed E-state index contributed by atoms with van der Waals surface area (Å²) >= 11 is 0. The Morgan fingerprint density at radius 2 is 1.60 bits per heavy atom. The molecule has 0 radical (unpaired) electrons. The van der Waals surface area contributed by atoms with Crippen LogP contribution in [0.4, 0.5) is 0 Å². The molecule has 2 aromatic carbocycles. The summed E-state index contributed by atoms with van der Waals surface area (Å²) in [6, 6.07) is 9.02. The zero-order valence-corrected chi connectivity index (χ0v) is 25.5. The molecule has 0 aromatic heterocycles. The fourth-order valence-corrected chi connectivity index (χ4v) is 5.71. The van der Waals surface area contributed by atoms with Crippen molar-refractivity contribution in [2.45, 2.75) is 88.4 Å². The predicted molar refractivity (Wildman–Crippen MR) is 158 cm³/mol. The number of rotatable bonds is 10. The van der Waals surface area contributed by atoms with E-state index in [1.807, 2.05) is 6.92 Å². The van der Waals surface area contributed by atoms with Crippen LogP contribution in [0.1, 0.15) is 25.0 Å². The van der Waals surface area contributed by atoms with E-state index in [0.717, 1.165) is 11.1 Å². The normalized spacial score (nSPS) is 31.7. The van der Waals surface area contributed by atoms with Crippen LogP contribution in [-0.2, 0) is 35.0 Å². The fourth-order valence-electron chi connectivity index (χ4n) is 5.71. The number of ether oxygens (including phenoxy) is 4. The van der Waals surface area contributed by atoms with E-state index in [9.17, 15) is 40.2 Å². The number of hydrogen-bond acceptors (Lipinski definition) is 12. The molecule has 45 heavy (non-hydrogen) atoms. The number of aliphatic hydroxyl groups is 4. The van der Waals surface area contributed by atoms with Gasteiger partial charge in [-0.3, -0.25) is 9.59 Å². The van der Waals surface area contributed by atoms with Crippen LogP contribution >= 0.6 is 0 Å². The number of carbonyl (C=O) groups is 2. The summed E-state index contributed by atoms with van der Waals surface area (Å²) in [5, 5.41) is 68.3. The number of benzene rings is 2. The molecule has 4 rings (SSSR count). The Morgan fingerprint density at radius 1 is 0.933 bits per heavy atom. The van der Waals surface area contributed by atoms with Crippen molar-refractivity contribution in [3.05, 3.63) is 47.5 Å². The van der Waals surface area contributed by atoms with E-state index in [2.05, 4.69) is 10.6 Å². The molecular formula is C31H42N2O12. The van der Waals surface area contributed by atoms with Gasteiger partial charge < -0.3 is 60.2 Å². The standard InChI is InChI=1S/C31H42N2O12/c1-14-5-7-20(36)18(11-14)19-12-17(6-8-21(19)37)9-10-32-30(41)29-28(42-4)25(39)26(40)31(45-29)44-27-23(33-16(3)35)15(2)43-22(13-34)24(27)38/h5-8,11-12,15,22-29,31,34,36-40H,9-10,13H2,1-4H3,(H,32,41)(H,33,35). The minimum absolute atomic E-state index is 0.0110. The van der Waals surface area contributed by atoms with Gasteiger partial charge in [-0.1, -0.05) is 17.7 Å². The topological polar surface area (TPSA) is 216 Å². The average molecular weight is 635 g/mol. The molecule has 8 N–H and O–H groups in total. The third-order valence-electron chi connectivity index (χ3n) is 8.10. The Hall–Kier alpha value is -3.34. The Kier molecular flexibility index (Phi) is 11.4. The zero-order valence-electron chi connectivity index (χ0n) is 25.5. The second kappa shape index (κ2) is 14.8. The molecule has 0 spiro atoms. The van der Waals surface area contributed by atoms with Crippen LogP contribution in [0.25, 0.3) is 11.1 Å². The number of aromatic hydroxyl groups is 2. The van der Waals surface area contributed by atoms with Crippen LogP contribution in [0.15, 0.2) is 36.4 Å². The molecular weight excluding hydrogens is 592 g/mol. The summed E-state index contributed by atoms with van der Waals surface area (Å²) in [6.07, 6.45) is -11.9. The van der Waals surface area contributed by atoms with Crippen molar-refractivity contribution in [3.8, 4) is 22.6 Å². The highest BCUT2D eigenvalue weighted by Gasteiger charge is 2.52. The second-order valence-electron chi connectivity index (χ2n) is 11.4. The Labute approximate surface area is 260 Å². The van der Waals surface area contributed by atoms with E-state index in [1.54, 1.807) is 37.3 Å². The van der Waals surface area contributed by atoms with Crippen LogP contribution in [0.5, 0.6) is 11.5 Å². The van der Waals surface area contributed by atoms with Crippen LogP contribution in [0.2, 0.25) is 0 Å². The number of phenolic OH excluding ortho intramolecular Hbond substituents is 2. The number of hydrogen-bond donors (Lipinski definition) is 8. The molecule has 2 aliphatic heterocycles. The van der Waals surface area contributed by atoms with Gasteiger partial charge in [0.15, 0.2) is 12.4 Å². The largest absolute Gasteiger partial charge is 0.507 e. The molecule has 2 fully saturated rings. The van der Waals surface area contributed by atoms with Gasteiger partial charge in [-0.2, -0.15) is 0 Å². The number of aryl methyl sites for hydroxylation is 1. The minimum Gasteiger partial charge on any atom is -0.507 e. The van der Waals surface area contributed by atoms with Crippen LogP contribution < -0.4 is 10.6 Å². The van der Waals surface area contributed by atoms with Crippen molar-refractivity contribution >= 4 is 11.8 Å². The lowest BCUT2D eigenvalue weighted by molar-refractivity contribution is -0.325. The minimum atomic E-state index is -1.71. The molecule has 2 saturated heterocycles. The highest BCUT2D eigenvalue weighted by Crippen LogP contribution is 2.36. The van der Waals surface area contributed by atoms with Crippen LogP contribution in [-0.4, -0.2) is 124 Å². The molecule has 2 aromatic rings. The Bertz CT molecular complexity index is 1340. The fraction of sp³-hybridized carbons (Fsp3) is 0.548. The maximum atomic E-state index is 13.3. The molecule has 0 aliphatic carbocycles. The lowest BCUT2D eigenvalue weighted by atomic mass is 9.92. The third-order valence-corrected chi connectivity index (χ3v) is 8.10. The molecule has 2 heterocycles. The monoisotopic (exact) mass is 634 g/mol. The zero-order chi connectivity index (χ0) is 33.0. The van der Waals surface area contributed by atoms with Gasteiger partial charge in [0.25, 0.3) is 5.91 Å². The van der Waals surface area contributed by atoms with Crippen molar-refractivity contribution < 1.29 is 59.2 Å². The van der Waals surface area contributed by atoms with Crippen LogP contribution in [0.3, 0.4) is 0 Å². The third kappa shape index (κ3) is 7.73. The summed E-state index contributed by atoms with van der Waals surface area (Å²) in [5.41, 5.74) is 2.54. The summed E-state index contributed by atoms with van der Waals surface area (Å²) in [4.78, 5) is 25.2. The number of carbonyl (C=O) groups excluding carboxylic acids is 2. The maximum Gasteiger partial charge on any atom is 0.252 e. The molecule has 2 aliphatic rings. The number of methoxy groups -OCH3 is 1. The highest BCUT2D eigenvalue weighted by molar-refractivity contribution is 5.82. The number of nitrogens with one attached hydrogen (secondary N) is 2. The first-order chi connectivity index (χ1) is 21.4. The van der Waals surface area contributed by atoms with Gasteiger partial charge in [0.2, 0.25) is 5.91 Å². The summed E-state index contributed by atoms with van der Waals surface area (Å²) < 4.78 is 22.6. The van der Waals surface area contributed by atoms with Gasteiger partial charge >= 0.3 is 0 Å². The van der Waals surface area contributed by atoms with E-state index in [-0.39, 0.29) is 18.0 Å². The van der Waals surface area contributed by atoms with Crippen molar-refractivity contribution in [2.75, 3.05) is 20.3 Å². The number of aliphatic hydroxyl groups excluding tert-OH is 4. The van der Waals surface area contributed by atoms with Gasteiger partial charge in [-0.25, -0.2) is 0 Å². The van der Waals surface area contributed by atoms with Gasteiger partial charge in [0, 0.05) is 31.7 Å². The first kappa shape index (κ1) is 34.5. The van der Waals surface area contributed by atoms with E-state index >= 15 is 0 Å². The van der Waals surface area contributed by atoms with E-state index in [4.69, 9.17) is 18.9 Å². The van der Waals surface area contributed by atoms with Gasteiger partial charge in [-0.05, 0) is 50.1 Å². The lowest BCUT2D eigenvalue weighted by Crippen LogP contribution is -2.68. The summed E-state index contributed by atoms with van der Waals surface area (Å²) in [5.74, 6) is -1.13. The average Bonchev–Trinajstić information content (AvgIpc) is 3.00. The molecule has 10 unspecified atom stereocenters. The van der Waals surface area contributed by atoms with Crippen molar-refractivity contribution in [3.63, 3.8) is 0 Å². The highest BCUT2D eigenvalue weighted by atomic mass is 16.7. The molecule has 14 nitrogen and oxygen atoms in total. The van der Waals surface area contributed by atoms with Crippen molar-refractivity contribution in [2.24, 2.45) is 0 Å². The molecule has 2 amide bonds. The first-order valence-corrected chi connectivity index (χ1v) is 14.7. The number of phenols is 2. The predicted octanol–water partition coefficient (Wildman–Crippen LogP) is -0.776. The van der Waals surface area contributed by atoms with E-state index in [0.29, 0.717) is 17.5 Å².